The molecule has 0 aliphatic carbocycles. The average Bonchev–Trinajstić information content (AvgIpc) is 3.13. The SMILES string of the molecule is CCOc1ccc(/C=C2/N=C(c3ccc(C)cc3)N(c3ccc(Cl)cc3)C2=O)cc1OCC. The Labute approximate surface area is 198 Å². The number of benzene rings is 3. The molecule has 0 aromatic heterocycles. The van der Waals surface area contributed by atoms with Gasteiger partial charge >= 0.3 is 0 Å². The summed E-state index contributed by atoms with van der Waals surface area (Å²) in [7, 11) is 0. The molecule has 5 nitrogen and oxygen atoms in total. The number of halogens is 1. The quantitative estimate of drug-likeness (QED) is 0.390. The van der Waals surface area contributed by atoms with Crippen molar-refractivity contribution < 1.29 is 14.3 Å². The van der Waals surface area contributed by atoms with Gasteiger partial charge in [-0.2, -0.15) is 0 Å². The van der Waals surface area contributed by atoms with Gasteiger partial charge in [0.15, 0.2) is 11.5 Å². The number of hydrogen-bond donors (Lipinski definition) is 0. The molecular weight excluding hydrogens is 436 g/mol. The van der Waals surface area contributed by atoms with Gasteiger partial charge in [0.1, 0.15) is 11.5 Å². The summed E-state index contributed by atoms with van der Waals surface area (Å²) in [5.74, 6) is 1.67. The lowest BCUT2D eigenvalue weighted by Crippen LogP contribution is -2.32. The number of rotatable bonds is 7. The van der Waals surface area contributed by atoms with E-state index in [0.29, 0.717) is 47.0 Å². The molecule has 6 heteroatoms. The molecule has 0 atom stereocenters. The highest BCUT2D eigenvalue weighted by Gasteiger charge is 2.32. The van der Waals surface area contributed by atoms with Crippen LogP contribution >= 0.6 is 11.6 Å². The molecule has 0 saturated carbocycles. The van der Waals surface area contributed by atoms with Crippen LogP contribution < -0.4 is 14.4 Å². The van der Waals surface area contributed by atoms with Gasteiger partial charge in [-0.15, -0.1) is 0 Å². The Balaban J connectivity index is 1.77. The third kappa shape index (κ3) is 4.94. The van der Waals surface area contributed by atoms with Crippen molar-refractivity contribution in [2.45, 2.75) is 20.8 Å². The summed E-state index contributed by atoms with van der Waals surface area (Å²) in [5, 5.41) is 0.604. The Hall–Kier alpha value is -3.57. The molecule has 168 valence electrons. The van der Waals surface area contributed by atoms with Crippen molar-refractivity contribution in [3.05, 3.63) is 94.1 Å². The second kappa shape index (κ2) is 9.92. The largest absolute Gasteiger partial charge is 0.490 e. The minimum atomic E-state index is -0.209. The minimum absolute atomic E-state index is 0.209. The van der Waals surface area contributed by atoms with E-state index in [-0.39, 0.29) is 5.91 Å². The molecule has 33 heavy (non-hydrogen) atoms. The molecule has 1 heterocycles. The number of nitrogens with zero attached hydrogens (tertiary/aromatic N) is 2. The van der Waals surface area contributed by atoms with E-state index >= 15 is 0 Å². The number of carbonyl (C=O) groups is 1. The van der Waals surface area contributed by atoms with Gasteiger partial charge in [0.25, 0.3) is 5.91 Å². The molecule has 0 fully saturated rings. The number of aryl methyl sites for hydroxylation is 1. The van der Waals surface area contributed by atoms with Crippen molar-refractivity contribution in [2.24, 2.45) is 4.99 Å². The van der Waals surface area contributed by atoms with Crippen LogP contribution in [0, 0.1) is 6.92 Å². The molecule has 1 aliphatic heterocycles. The van der Waals surface area contributed by atoms with Crippen molar-refractivity contribution >= 4 is 35.1 Å². The first-order valence-corrected chi connectivity index (χ1v) is 11.2. The van der Waals surface area contributed by atoms with Crippen LogP contribution in [-0.2, 0) is 4.79 Å². The number of amides is 1. The third-order valence-electron chi connectivity index (χ3n) is 5.13. The van der Waals surface area contributed by atoms with Gasteiger partial charge in [0.05, 0.1) is 18.9 Å². The molecule has 0 spiro atoms. The molecule has 0 bridgehead atoms. The van der Waals surface area contributed by atoms with Gasteiger partial charge in [-0.25, -0.2) is 4.99 Å². The summed E-state index contributed by atoms with van der Waals surface area (Å²) in [4.78, 5) is 19.8. The molecule has 0 saturated heterocycles. The normalized spacial score (nSPS) is 14.5. The topological polar surface area (TPSA) is 51.1 Å². The predicted molar refractivity (Wildman–Crippen MR) is 133 cm³/mol. The van der Waals surface area contributed by atoms with Crippen LogP contribution in [0.15, 0.2) is 77.4 Å². The van der Waals surface area contributed by atoms with E-state index in [4.69, 9.17) is 26.1 Å². The van der Waals surface area contributed by atoms with Gasteiger partial charge in [-0.05, 0) is 68.8 Å². The van der Waals surface area contributed by atoms with E-state index in [0.717, 1.165) is 16.7 Å². The van der Waals surface area contributed by atoms with E-state index in [9.17, 15) is 4.79 Å². The highest BCUT2D eigenvalue weighted by molar-refractivity contribution is 6.34. The molecular formula is C27H25ClN2O3. The first kappa shape index (κ1) is 22.6. The number of anilines is 1. The fourth-order valence-electron chi connectivity index (χ4n) is 3.56. The predicted octanol–water partition coefficient (Wildman–Crippen LogP) is 6.28. The minimum Gasteiger partial charge on any atom is -0.490 e. The number of carbonyl (C=O) groups excluding carboxylic acids is 1. The van der Waals surface area contributed by atoms with Crippen molar-refractivity contribution in [3.63, 3.8) is 0 Å². The summed E-state index contributed by atoms with van der Waals surface area (Å²) >= 11 is 6.07. The molecule has 4 rings (SSSR count). The zero-order valence-corrected chi connectivity index (χ0v) is 19.6. The van der Waals surface area contributed by atoms with Crippen LogP contribution in [0.25, 0.3) is 6.08 Å². The van der Waals surface area contributed by atoms with Crippen LogP contribution in [0.4, 0.5) is 5.69 Å². The molecule has 1 aliphatic rings. The third-order valence-corrected chi connectivity index (χ3v) is 5.38. The van der Waals surface area contributed by atoms with E-state index < -0.39 is 0 Å². The monoisotopic (exact) mass is 460 g/mol. The summed E-state index contributed by atoms with van der Waals surface area (Å²) in [6.07, 6.45) is 1.77. The smallest absolute Gasteiger partial charge is 0.282 e. The lowest BCUT2D eigenvalue weighted by molar-refractivity contribution is -0.113. The van der Waals surface area contributed by atoms with Gasteiger partial charge in [0, 0.05) is 10.6 Å². The first-order chi connectivity index (χ1) is 16.0. The number of ether oxygens (including phenoxy) is 2. The average molecular weight is 461 g/mol. The van der Waals surface area contributed by atoms with E-state index in [2.05, 4.69) is 0 Å². The first-order valence-electron chi connectivity index (χ1n) is 10.9. The Morgan fingerprint density at radius 1 is 0.909 bits per heavy atom. The maximum atomic E-state index is 13.5. The fourth-order valence-corrected chi connectivity index (χ4v) is 3.68. The summed E-state index contributed by atoms with van der Waals surface area (Å²) in [6.45, 7) is 6.92. The summed E-state index contributed by atoms with van der Waals surface area (Å²) in [5.41, 5.74) is 3.83. The summed E-state index contributed by atoms with van der Waals surface area (Å²) < 4.78 is 11.4. The fraction of sp³-hybridized carbons (Fsp3) is 0.185. The van der Waals surface area contributed by atoms with Gasteiger partial charge in [-0.3, -0.25) is 9.69 Å². The van der Waals surface area contributed by atoms with E-state index in [1.54, 1.807) is 23.1 Å². The highest BCUT2D eigenvalue weighted by Crippen LogP contribution is 2.32. The van der Waals surface area contributed by atoms with Crippen LogP contribution in [0.1, 0.15) is 30.5 Å². The number of amidine groups is 1. The number of hydrogen-bond acceptors (Lipinski definition) is 4. The van der Waals surface area contributed by atoms with Crippen molar-refractivity contribution in [1.29, 1.82) is 0 Å². The molecule has 0 radical (unpaired) electrons. The Kier molecular flexibility index (Phi) is 6.80. The molecule has 1 amide bonds. The van der Waals surface area contributed by atoms with Crippen LogP contribution in [-0.4, -0.2) is 25.0 Å². The maximum Gasteiger partial charge on any atom is 0.282 e. The Morgan fingerprint density at radius 2 is 1.58 bits per heavy atom. The zero-order chi connectivity index (χ0) is 23.4. The summed E-state index contributed by atoms with van der Waals surface area (Å²) in [6, 6.07) is 20.7. The number of aliphatic imine (C=N–C) groups is 1. The molecule has 0 N–H and O–H groups in total. The molecule has 3 aromatic carbocycles. The molecule has 0 unspecified atom stereocenters. The standard InChI is InChI=1S/C27H25ClN2O3/c1-4-32-24-15-8-19(17-25(24)33-5-2)16-23-27(31)30(22-13-11-21(28)12-14-22)26(29-23)20-9-6-18(3)7-10-20/h6-17H,4-5H2,1-3H3/b23-16+. The second-order valence-electron chi connectivity index (χ2n) is 7.52. The zero-order valence-electron chi connectivity index (χ0n) is 18.8. The van der Waals surface area contributed by atoms with Crippen molar-refractivity contribution in [3.8, 4) is 11.5 Å². The molecule has 3 aromatic rings. The van der Waals surface area contributed by atoms with Gasteiger partial charge < -0.3 is 9.47 Å². The van der Waals surface area contributed by atoms with Crippen LogP contribution in [0.5, 0.6) is 11.5 Å². The van der Waals surface area contributed by atoms with E-state index in [1.807, 2.05) is 75.4 Å². The van der Waals surface area contributed by atoms with Crippen LogP contribution in [0.3, 0.4) is 0 Å². The van der Waals surface area contributed by atoms with E-state index in [1.165, 1.54) is 0 Å². The second-order valence-corrected chi connectivity index (χ2v) is 7.96. The van der Waals surface area contributed by atoms with Crippen LogP contribution in [0.2, 0.25) is 5.02 Å². The highest BCUT2D eigenvalue weighted by atomic mass is 35.5. The van der Waals surface area contributed by atoms with Crippen molar-refractivity contribution in [2.75, 3.05) is 18.1 Å². The van der Waals surface area contributed by atoms with Gasteiger partial charge in [0.2, 0.25) is 0 Å². The maximum absolute atomic E-state index is 13.5. The lowest BCUT2D eigenvalue weighted by Gasteiger charge is -2.18. The Bertz CT molecular complexity index is 1220. The van der Waals surface area contributed by atoms with Gasteiger partial charge in [-0.1, -0.05) is 47.5 Å². The lowest BCUT2D eigenvalue weighted by atomic mass is 10.1. The van der Waals surface area contributed by atoms with Crippen molar-refractivity contribution in [1.82, 2.24) is 0 Å². The Morgan fingerprint density at radius 3 is 2.24 bits per heavy atom.